The molecule has 0 radical (unpaired) electrons. The fourth-order valence-electron chi connectivity index (χ4n) is 2.17. The van der Waals surface area contributed by atoms with E-state index in [0.29, 0.717) is 6.42 Å². The van der Waals surface area contributed by atoms with Crippen LogP contribution in [0.1, 0.15) is 17.5 Å². The molecule has 0 saturated carbocycles. The third-order valence-corrected chi connectivity index (χ3v) is 5.29. The van der Waals surface area contributed by atoms with E-state index in [1.54, 1.807) is 11.8 Å². The van der Waals surface area contributed by atoms with Gasteiger partial charge in [0, 0.05) is 9.79 Å². The molecule has 0 aliphatic carbocycles. The second kappa shape index (κ2) is 8.71. The van der Waals surface area contributed by atoms with Crippen LogP contribution in [0.5, 0.6) is 0 Å². The number of hydrogen-bond acceptors (Lipinski definition) is 4. The number of halogens is 1. The van der Waals surface area contributed by atoms with E-state index in [-0.39, 0.29) is 13.2 Å². The zero-order chi connectivity index (χ0) is 16.7. The predicted octanol–water partition coefficient (Wildman–Crippen LogP) is 3.55. The molecule has 5 heteroatoms. The van der Waals surface area contributed by atoms with Gasteiger partial charge in [0.15, 0.2) is 0 Å². The van der Waals surface area contributed by atoms with Gasteiger partial charge in [-0.15, -0.1) is 0 Å². The Kier molecular flexibility index (Phi) is 6.93. The van der Waals surface area contributed by atoms with Crippen LogP contribution in [0.3, 0.4) is 0 Å². The lowest BCUT2D eigenvalue weighted by Gasteiger charge is -2.27. The summed E-state index contributed by atoms with van der Waals surface area (Å²) in [5.41, 5.74) is 1.57. The Hall–Kier alpha value is -1.04. The zero-order valence-electron chi connectivity index (χ0n) is 13.1. The predicted molar refractivity (Wildman–Crippen MR) is 96.0 cm³/mol. The van der Waals surface area contributed by atoms with Crippen LogP contribution < -0.4 is 4.84 Å². The summed E-state index contributed by atoms with van der Waals surface area (Å²) in [6, 6.07) is 16.8. The number of benzene rings is 2. The van der Waals surface area contributed by atoms with Crippen LogP contribution in [0.25, 0.3) is 0 Å². The van der Waals surface area contributed by atoms with Gasteiger partial charge in [0.05, 0.1) is 18.8 Å². The van der Waals surface area contributed by atoms with E-state index in [1.165, 1.54) is 15.4 Å². The average molecular weight is 352 g/mol. The number of rotatable bonds is 8. The Balaban J connectivity index is 1.95. The lowest BCUT2D eigenvalue weighted by molar-refractivity contribution is 0.103. The molecule has 0 spiro atoms. The van der Waals surface area contributed by atoms with Crippen molar-refractivity contribution in [2.75, 3.05) is 13.2 Å². The Bertz CT molecular complexity index is 589. The fraction of sp³-hybridized carbons (Fsp3) is 0.333. The Labute approximate surface area is 146 Å². The third-order valence-electron chi connectivity index (χ3n) is 3.88. The van der Waals surface area contributed by atoms with Gasteiger partial charge in [-0.3, -0.25) is 0 Å². The molecular weight excluding hydrogens is 330 g/mol. The minimum Gasteiger partial charge on any atom is -0.394 e. The van der Waals surface area contributed by atoms with Crippen molar-refractivity contribution in [1.82, 2.24) is 4.84 Å². The van der Waals surface area contributed by atoms with Crippen LogP contribution in [-0.4, -0.2) is 29.0 Å². The monoisotopic (exact) mass is 351 g/mol. The lowest BCUT2D eigenvalue weighted by atomic mass is 9.94. The molecule has 3 N–H and O–H groups in total. The van der Waals surface area contributed by atoms with E-state index in [0.717, 1.165) is 12.0 Å². The summed E-state index contributed by atoms with van der Waals surface area (Å²) in [6.45, 7) is 1.68. The van der Waals surface area contributed by atoms with Crippen LogP contribution in [0.4, 0.5) is 0 Å². The van der Waals surface area contributed by atoms with Gasteiger partial charge in [0.1, 0.15) is 0 Å². The summed E-state index contributed by atoms with van der Waals surface area (Å²) >= 11 is 7.37. The van der Waals surface area contributed by atoms with Crippen molar-refractivity contribution in [3.63, 3.8) is 0 Å². The van der Waals surface area contributed by atoms with Crippen LogP contribution in [-0.2, 0) is 6.42 Å². The van der Waals surface area contributed by atoms with Gasteiger partial charge in [-0.05, 0) is 61.4 Å². The first-order valence-electron chi connectivity index (χ1n) is 7.54. The molecule has 0 bridgehead atoms. The summed E-state index contributed by atoms with van der Waals surface area (Å²) in [4.78, 5) is 4.90. The van der Waals surface area contributed by atoms with Gasteiger partial charge < -0.3 is 10.2 Å². The van der Waals surface area contributed by atoms with Crippen LogP contribution in [0, 0.1) is 6.92 Å². The Morgan fingerprint density at radius 3 is 1.96 bits per heavy atom. The fourth-order valence-corrected chi connectivity index (χ4v) is 3.20. The molecule has 23 heavy (non-hydrogen) atoms. The largest absolute Gasteiger partial charge is 0.394 e. The number of aryl methyl sites for hydroxylation is 2. The van der Waals surface area contributed by atoms with E-state index in [2.05, 4.69) is 60.3 Å². The van der Waals surface area contributed by atoms with Crippen molar-refractivity contribution in [3.05, 3.63) is 59.7 Å². The number of aliphatic hydroxyl groups is 2. The molecule has 3 nitrogen and oxygen atoms in total. The molecule has 124 valence electrons. The molecule has 0 fully saturated rings. The second-order valence-corrected chi connectivity index (χ2v) is 7.09. The van der Waals surface area contributed by atoms with Crippen molar-refractivity contribution in [1.29, 1.82) is 0 Å². The van der Waals surface area contributed by atoms with E-state index in [4.69, 9.17) is 11.8 Å². The SMILES string of the molecule is Cc1ccc(Sc2ccc(CCC(CO)(CO)NCl)cc2)cc1. The Morgan fingerprint density at radius 1 is 0.957 bits per heavy atom. The van der Waals surface area contributed by atoms with Crippen LogP contribution >= 0.6 is 23.5 Å². The highest BCUT2D eigenvalue weighted by Gasteiger charge is 2.27. The van der Waals surface area contributed by atoms with E-state index in [1.807, 2.05) is 0 Å². The second-order valence-electron chi connectivity index (χ2n) is 5.75. The molecule has 0 heterocycles. The maximum atomic E-state index is 9.37. The minimum absolute atomic E-state index is 0.200. The van der Waals surface area contributed by atoms with E-state index in [9.17, 15) is 10.2 Å². The minimum atomic E-state index is -0.836. The molecule has 0 unspecified atom stereocenters. The Morgan fingerprint density at radius 2 is 1.48 bits per heavy atom. The first-order chi connectivity index (χ1) is 11.1. The summed E-state index contributed by atoms with van der Waals surface area (Å²) < 4.78 is 0. The number of nitrogens with one attached hydrogen (secondary N) is 1. The molecule has 0 aromatic heterocycles. The quantitative estimate of drug-likeness (QED) is 0.637. The van der Waals surface area contributed by atoms with Crippen molar-refractivity contribution < 1.29 is 10.2 Å². The highest BCUT2D eigenvalue weighted by atomic mass is 35.5. The van der Waals surface area contributed by atoms with Crippen LogP contribution in [0.2, 0.25) is 0 Å². The van der Waals surface area contributed by atoms with Gasteiger partial charge in [0.2, 0.25) is 0 Å². The normalized spacial score (nSPS) is 11.7. The first kappa shape index (κ1) is 18.3. The molecule has 0 saturated heterocycles. The maximum absolute atomic E-state index is 9.37. The van der Waals surface area contributed by atoms with Crippen molar-refractivity contribution in [2.45, 2.75) is 35.1 Å². The van der Waals surface area contributed by atoms with E-state index >= 15 is 0 Å². The standard InChI is InChI=1S/C18H22ClNO2S/c1-14-2-6-16(7-3-14)23-17-8-4-15(5-9-17)10-11-18(12-21,13-22)20-19/h2-9,20-22H,10-13H2,1H3. The summed E-state index contributed by atoms with van der Waals surface area (Å²) in [6.07, 6.45) is 1.30. The average Bonchev–Trinajstić information content (AvgIpc) is 2.60. The number of aliphatic hydroxyl groups excluding tert-OH is 2. The molecule has 2 aromatic rings. The zero-order valence-corrected chi connectivity index (χ0v) is 14.7. The van der Waals surface area contributed by atoms with E-state index < -0.39 is 5.54 Å². The van der Waals surface area contributed by atoms with Gasteiger partial charge in [0.25, 0.3) is 0 Å². The molecule has 0 aliphatic rings. The molecule has 0 atom stereocenters. The highest BCUT2D eigenvalue weighted by molar-refractivity contribution is 7.99. The molecular formula is C18H22ClNO2S. The van der Waals surface area contributed by atoms with Crippen molar-refractivity contribution >= 4 is 23.5 Å². The summed E-state index contributed by atoms with van der Waals surface area (Å²) in [7, 11) is 0. The molecule has 0 aliphatic heterocycles. The first-order valence-corrected chi connectivity index (χ1v) is 8.73. The third kappa shape index (κ3) is 5.23. The molecule has 2 rings (SSSR count). The lowest BCUT2D eigenvalue weighted by Crippen LogP contribution is -2.47. The summed E-state index contributed by atoms with van der Waals surface area (Å²) in [5, 5.41) is 18.7. The molecule has 0 amide bonds. The topological polar surface area (TPSA) is 52.5 Å². The van der Waals surface area contributed by atoms with Gasteiger partial charge >= 0.3 is 0 Å². The maximum Gasteiger partial charge on any atom is 0.0795 e. The van der Waals surface area contributed by atoms with Crippen LogP contribution in [0.15, 0.2) is 58.3 Å². The van der Waals surface area contributed by atoms with Gasteiger partial charge in [-0.2, -0.15) is 0 Å². The summed E-state index contributed by atoms with van der Waals surface area (Å²) in [5.74, 6) is 0. The van der Waals surface area contributed by atoms with Gasteiger partial charge in [-0.25, -0.2) is 4.84 Å². The van der Waals surface area contributed by atoms with Gasteiger partial charge in [-0.1, -0.05) is 41.6 Å². The van der Waals surface area contributed by atoms with Crippen molar-refractivity contribution in [2.24, 2.45) is 0 Å². The highest BCUT2D eigenvalue weighted by Crippen LogP contribution is 2.28. The number of hydrogen-bond donors (Lipinski definition) is 3. The molecule has 2 aromatic carbocycles. The smallest absolute Gasteiger partial charge is 0.0795 e. The van der Waals surface area contributed by atoms with Crippen molar-refractivity contribution in [3.8, 4) is 0 Å².